The average Bonchev–Trinajstić information content (AvgIpc) is 2.69. The maximum atomic E-state index is 12.6. The molecule has 0 saturated carbocycles. The van der Waals surface area contributed by atoms with Crippen LogP contribution >= 0.6 is 0 Å². The first-order valence-corrected chi connectivity index (χ1v) is 8.37. The lowest BCUT2D eigenvalue weighted by molar-refractivity contribution is -0.135. The van der Waals surface area contributed by atoms with Gasteiger partial charge in [-0.05, 0) is 29.8 Å². The quantitative estimate of drug-likeness (QED) is 0.867. The van der Waals surface area contributed by atoms with Gasteiger partial charge in [0.25, 0.3) is 5.91 Å². The molecule has 7 heteroatoms. The summed E-state index contributed by atoms with van der Waals surface area (Å²) in [6.45, 7) is 1.18. The summed E-state index contributed by atoms with van der Waals surface area (Å²) in [5, 5.41) is 9.15. The van der Waals surface area contributed by atoms with Crippen LogP contribution in [0.15, 0.2) is 42.5 Å². The fourth-order valence-corrected chi connectivity index (χ4v) is 2.89. The standard InChI is InChI=1S/C19H21N3O4/c1-26-16-6-2-4-14(10-16)11-21-8-9-22(12-18(21)24)19(25)17-7-3-5-15(13-23)20-17/h2-7,10,23H,8-9,11-13H2,1H3. The van der Waals surface area contributed by atoms with Gasteiger partial charge in [0.1, 0.15) is 18.0 Å². The average molecular weight is 355 g/mol. The lowest BCUT2D eigenvalue weighted by Gasteiger charge is -2.34. The molecule has 1 N–H and O–H groups in total. The second-order valence-corrected chi connectivity index (χ2v) is 6.07. The number of rotatable bonds is 5. The van der Waals surface area contributed by atoms with Crippen LogP contribution in [0, 0.1) is 0 Å². The maximum absolute atomic E-state index is 12.6. The molecule has 2 amide bonds. The smallest absolute Gasteiger partial charge is 0.272 e. The van der Waals surface area contributed by atoms with Crippen LogP contribution in [0.2, 0.25) is 0 Å². The predicted octanol–water partition coefficient (Wildman–Crippen LogP) is 1.07. The van der Waals surface area contributed by atoms with Gasteiger partial charge in [-0.1, -0.05) is 18.2 Å². The second kappa shape index (κ2) is 7.97. The minimum atomic E-state index is -0.297. The normalized spacial score (nSPS) is 14.5. The van der Waals surface area contributed by atoms with E-state index in [2.05, 4.69) is 4.98 Å². The van der Waals surface area contributed by atoms with Crippen molar-refractivity contribution in [1.29, 1.82) is 0 Å². The van der Waals surface area contributed by atoms with Crippen molar-refractivity contribution < 1.29 is 19.4 Å². The third kappa shape index (κ3) is 4.00. The Labute approximate surface area is 151 Å². The molecule has 0 spiro atoms. The van der Waals surface area contributed by atoms with Gasteiger partial charge in [-0.15, -0.1) is 0 Å². The van der Waals surface area contributed by atoms with E-state index >= 15 is 0 Å². The number of aromatic nitrogens is 1. The van der Waals surface area contributed by atoms with E-state index in [1.165, 1.54) is 4.90 Å². The second-order valence-electron chi connectivity index (χ2n) is 6.07. The number of pyridine rings is 1. The number of hydrogen-bond donors (Lipinski definition) is 1. The molecule has 1 saturated heterocycles. The number of carbonyl (C=O) groups excluding carboxylic acids is 2. The van der Waals surface area contributed by atoms with Crippen LogP contribution in [0.25, 0.3) is 0 Å². The highest BCUT2D eigenvalue weighted by Crippen LogP contribution is 2.16. The zero-order valence-electron chi connectivity index (χ0n) is 14.6. The van der Waals surface area contributed by atoms with Crippen LogP contribution in [0.4, 0.5) is 0 Å². The molecular weight excluding hydrogens is 334 g/mol. The van der Waals surface area contributed by atoms with Gasteiger partial charge in [0.2, 0.25) is 5.91 Å². The molecule has 2 heterocycles. The Hall–Kier alpha value is -2.93. The van der Waals surface area contributed by atoms with Crippen LogP contribution in [0.1, 0.15) is 21.7 Å². The Morgan fingerprint density at radius 2 is 2.04 bits per heavy atom. The summed E-state index contributed by atoms with van der Waals surface area (Å²) in [5.74, 6) is 0.346. The predicted molar refractivity (Wildman–Crippen MR) is 94.5 cm³/mol. The summed E-state index contributed by atoms with van der Waals surface area (Å²) in [5.41, 5.74) is 1.65. The van der Waals surface area contributed by atoms with Crippen molar-refractivity contribution in [3.05, 3.63) is 59.4 Å². The zero-order chi connectivity index (χ0) is 18.5. The van der Waals surface area contributed by atoms with Crippen molar-refractivity contribution in [3.63, 3.8) is 0 Å². The van der Waals surface area contributed by atoms with Crippen molar-refractivity contribution in [3.8, 4) is 5.75 Å². The van der Waals surface area contributed by atoms with Crippen molar-refractivity contribution >= 4 is 11.8 Å². The Morgan fingerprint density at radius 1 is 1.23 bits per heavy atom. The molecule has 1 aromatic heterocycles. The first kappa shape index (κ1) is 17.9. The number of aliphatic hydroxyl groups is 1. The number of methoxy groups -OCH3 is 1. The molecule has 0 atom stereocenters. The van der Waals surface area contributed by atoms with Crippen molar-refractivity contribution in [1.82, 2.24) is 14.8 Å². The van der Waals surface area contributed by atoms with Gasteiger partial charge < -0.3 is 19.6 Å². The first-order valence-electron chi connectivity index (χ1n) is 8.37. The zero-order valence-corrected chi connectivity index (χ0v) is 14.6. The van der Waals surface area contributed by atoms with E-state index in [0.29, 0.717) is 25.3 Å². The molecular formula is C19H21N3O4. The molecule has 2 aromatic rings. The molecule has 1 aromatic carbocycles. The number of piperazine rings is 1. The van der Waals surface area contributed by atoms with E-state index < -0.39 is 0 Å². The molecule has 7 nitrogen and oxygen atoms in total. The molecule has 0 bridgehead atoms. The number of amides is 2. The monoisotopic (exact) mass is 355 g/mol. The molecule has 3 rings (SSSR count). The van der Waals surface area contributed by atoms with Crippen LogP contribution < -0.4 is 4.74 Å². The van der Waals surface area contributed by atoms with Gasteiger partial charge in [0, 0.05) is 19.6 Å². The van der Waals surface area contributed by atoms with E-state index in [9.17, 15) is 9.59 Å². The van der Waals surface area contributed by atoms with E-state index in [0.717, 1.165) is 11.3 Å². The molecule has 0 aliphatic carbocycles. The lowest BCUT2D eigenvalue weighted by atomic mass is 10.1. The SMILES string of the molecule is COc1cccc(CN2CCN(C(=O)c3cccc(CO)n3)CC2=O)c1. The van der Waals surface area contributed by atoms with Crippen LogP contribution in [-0.4, -0.2) is 58.4 Å². The number of benzene rings is 1. The summed E-state index contributed by atoms with van der Waals surface area (Å²) in [6.07, 6.45) is 0. The molecule has 1 aliphatic heterocycles. The number of carbonyl (C=O) groups is 2. The summed E-state index contributed by atoms with van der Waals surface area (Å²) in [7, 11) is 1.61. The summed E-state index contributed by atoms with van der Waals surface area (Å²) in [4.78, 5) is 32.4. The Bertz CT molecular complexity index is 809. The topological polar surface area (TPSA) is 83.0 Å². The largest absolute Gasteiger partial charge is 0.497 e. The summed E-state index contributed by atoms with van der Waals surface area (Å²) < 4.78 is 5.21. The fourth-order valence-electron chi connectivity index (χ4n) is 2.89. The van der Waals surface area contributed by atoms with Crippen LogP contribution in [0.5, 0.6) is 5.75 Å². The van der Waals surface area contributed by atoms with E-state index in [1.807, 2.05) is 24.3 Å². The highest BCUT2D eigenvalue weighted by molar-refractivity contribution is 5.95. The van der Waals surface area contributed by atoms with Gasteiger partial charge in [0.05, 0.1) is 19.4 Å². The van der Waals surface area contributed by atoms with Gasteiger partial charge in [-0.3, -0.25) is 9.59 Å². The summed E-state index contributed by atoms with van der Waals surface area (Å²) in [6, 6.07) is 12.5. The minimum Gasteiger partial charge on any atom is -0.497 e. The third-order valence-electron chi connectivity index (χ3n) is 4.30. The number of aliphatic hydroxyl groups excluding tert-OH is 1. The molecule has 0 unspecified atom stereocenters. The molecule has 1 aliphatic rings. The van der Waals surface area contributed by atoms with Crippen molar-refractivity contribution in [2.75, 3.05) is 26.7 Å². The number of hydrogen-bond acceptors (Lipinski definition) is 5. The van der Waals surface area contributed by atoms with Crippen LogP contribution in [0.3, 0.4) is 0 Å². The van der Waals surface area contributed by atoms with Gasteiger partial charge >= 0.3 is 0 Å². The van der Waals surface area contributed by atoms with E-state index in [1.54, 1.807) is 30.2 Å². The van der Waals surface area contributed by atoms with Gasteiger partial charge in [-0.25, -0.2) is 4.98 Å². The first-order chi connectivity index (χ1) is 12.6. The summed E-state index contributed by atoms with van der Waals surface area (Å²) >= 11 is 0. The molecule has 1 fully saturated rings. The number of ether oxygens (including phenoxy) is 1. The maximum Gasteiger partial charge on any atom is 0.272 e. The molecule has 136 valence electrons. The van der Waals surface area contributed by atoms with Crippen LogP contribution in [-0.2, 0) is 17.9 Å². The van der Waals surface area contributed by atoms with Crippen molar-refractivity contribution in [2.24, 2.45) is 0 Å². The Balaban J connectivity index is 1.64. The highest BCUT2D eigenvalue weighted by Gasteiger charge is 2.28. The molecule has 0 radical (unpaired) electrons. The number of nitrogens with zero attached hydrogens (tertiary/aromatic N) is 3. The van der Waals surface area contributed by atoms with Gasteiger partial charge in [0.15, 0.2) is 0 Å². The van der Waals surface area contributed by atoms with Crippen molar-refractivity contribution in [2.45, 2.75) is 13.2 Å². The fraction of sp³-hybridized carbons (Fsp3) is 0.316. The van der Waals surface area contributed by atoms with Gasteiger partial charge in [-0.2, -0.15) is 0 Å². The minimum absolute atomic E-state index is 0.0217. The van der Waals surface area contributed by atoms with E-state index in [-0.39, 0.29) is 30.7 Å². The Kier molecular flexibility index (Phi) is 5.48. The molecule has 26 heavy (non-hydrogen) atoms. The lowest BCUT2D eigenvalue weighted by Crippen LogP contribution is -2.51. The third-order valence-corrected chi connectivity index (χ3v) is 4.30. The van der Waals surface area contributed by atoms with E-state index in [4.69, 9.17) is 9.84 Å². The highest BCUT2D eigenvalue weighted by atomic mass is 16.5. The Morgan fingerprint density at radius 3 is 2.77 bits per heavy atom.